The largest absolute Gasteiger partial charge is 0.463 e. The molecule has 0 spiro atoms. The molecule has 2 nitrogen and oxygen atoms in total. The van der Waals surface area contributed by atoms with E-state index in [1.54, 1.807) is 19.9 Å². The minimum absolute atomic E-state index is 0.257. The topological polar surface area (TPSA) is 26.3 Å². The maximum atomic E-state index is 11.1. The molecule has 0 heterocycles. The van der Waals surface area contributed by atoms with Crippen LogP contribution in [0.15, 0.2) is 36.0 Å². The summed E-state index contributed by atoms with van der Waals surface area (Å²) in [5, 5.41) is 0. The third-order valence-electron chi connectivity index (χ3n) is 1.36. The highest BCUT2D eigenvalue weighted by Crippen LogP contribution is 1.96. The zero-order chi connectivity index (χ0) is 10.1. The number of carbonyl (C=O) groups excluding carboxylic acids is 1. The molecule has 72 valence electrons. The van der Waals surface area contributed by atoms with E-state index in [0.29, 0.717) is 12.2 Å². The molecule has 0 aromatic rings. The van der Waals surface area contributed by atoms with Gasteiger partial charge < -0.3 is 4.74 Å². The highest BCUT2D eigenvalue weighted by Gasteiger charge is 2.01. The molecule has 0 radical (unpaired) electrons. The first kappa shape index (κ1) is 11.7. The van der Waals surface area contributed by atoms with Gasteiger partial charge in [0.25, 0.3) is 0 Å². The smallest absolute Gasteiger partial charge is 0.333 e. The van der Waals surface area contributed by atoms with Crippen molar-refractivity contribution in [3.05, 3.63) is 36.0 Å². The Hall–Kier alpha value is -1.31. The van der Waals surface area contributed by atoms with Crippen LogP contribution in [0.5, 0.6) is 0 Å². The minimum atomic E-state index is -0.257. The van der Waals surface area contributed by atoms with Crippen molar-refractivity contribution in [3.63, 3.8) is 0 Å². The number of esters is 1. The van der Waals surface area contributed by atoms with E-state index in [0.717, 1.165) is 0 Å². The molecule has 0 amide bonds. The molecule has 0 aromatic heterocycles. The molecule has 0 aliphatic heterocycles. The summed E-state index contributed by atoms with van der Waals surface area (Å²) in [6, 6.07) is 0. The molecular formula is C11H16O2. The minimum Gasteiger partial charge on any atom is -0.463 e. The van der Waals surface area contributed by atoms with Crippen LogP contribution in [0.4, 0.5) is 0 Å². The van der Waals surface area contributed by atoms with Crippen molar-refractivity contribution in [2.45, 2.75) is 20.8 Å². The lowest BCUT2D eigenvalue weighted by Gasteiger charge is -1.98. The number of hydrogen-bond donors (Lipinski definition) is 0. The lowest BCUT2D eigenvalue weighted by molar-refractivity contribution is -0.138. The van der Waals surface area contributed by atoms with Gasteiger partial charge in [-0.3, -0.25) is 0 Å². The Morgan fingerprint density at radius 2 is 2.00 bits per heavy atom. The van der Waals surface area contributed by atoms with Crippen molar-refractivity contribution in [1.29, 1.82) is 0 Å². The Bertz CT molecular complexity index is 234. The number of allylic oxidation sites excluding steroid dienone is 5. The molecule has 0 N–H and O–H groups in total. The van der Waals surface area contributed by atoms with Crippen LogP contribution in [0.3, 0.4) is 0 Å². The number of carbonyl (C=O) groups is 1. The van der Waals surface area contributed by atoms with E-state index in [1.165, 1.54) is 0 Å². The monoisotopic (exact) mass is 180 g/mol. The zero-order valence-electron chi connectivity index (χ0n) is 8.41. The molecule has 0 saturated heterocycles. The molecule has 0 aliphatic carbocycles. The number of hydrogen-bond acceptors (Lipinski definition) is 2. The summed E-state index contributed by atoms with van der Waals surface area (Å²) in [7, 11) is 0. The lowest BCUT2D eigenvalue weighted by atomic mass is 10.3. The summed E-state index contributed by atoms with van der Waals surface area (Å²) < 4.78 is 4.80. The normalized spacial score (nSPS) is 12.7. The summed E-state index contributed by atoms with van der Waals surface area (Å²) in [5.41, 5.74) is 0.614. The SMILES string of the molecule is CC=CC=CC=C(C)C(=O)OCC. The molecule has 0 aliphatic rings. The molecule has 0 unspecified atom stereocenters. The van der Waals surface area contributed by atoms with Crippen molar-refractivity contribution in [3.8, 4) is 0 Å². The van der Waals surface area contributed by atoms with E-state index in [4.69, 9.17) is 4.74 Å². The van der Waals surface area contributed by atoms with Crippen LogP contribution in [-0.4, -0.2) is 12.6 Å². The van der Waals surface area contributed by atoms with Gasteiger partial charge in [-0.1, -0.05) is 30.4 Å². The fraction of sp³-hybridized carbons (Fsp3) is 0.364. The Morgan fingerprint density at radius 3 is 2.54 bits per heavy atom. The van der Waals surface area contributed by atoms with E-state index in [-0.39, 0.29) is 5.97 Å². The molecule has 0 bridgehead atoms. The van der Waals surface area contributed by atoms with E-state index < -0.39 is 0 Å². The second-order valence-electron chi connectivity index (χ2n) is 2.48. The van der Waals surface area contributed by atoms with Gasteiger partial charge in [-0.2, -0.15) is 0 Å². The van der Waals surface area contributed by atoms with Crippen molar-refractivity contribution in [2.24, 2.45) is 0 Å². The molecular weight excluding hydrogens is 164 g/mol. The van der Waals surface area contributed by atoms with E-state index in [1.807, 2.05) is 31.2 Å². The summed E-state index contributed by atoms with van der Waals surface area (Å²) in [6.07, 6.45) is 9.23. The second kappa shape index (κ2) is 7.35. The first-order valence-corrected chi connectivity index (χ1v) is 4.35. The average molecular weight is 180 g/mol. The maximum Gasteiger partial charge on any atom is 0.333 e. The van der Waals surface area contributed by atoms with Gasteiger partial charge >= 0.3 is 5.97 Å². The van der Waals surface area contributed by atoms with Gasteiger partial charge in [-0.05, 0) is 20.8 Å². The molecule has 13 heavy (non-hydrogen) atoms. The highest BCUT2D eigenvalue weighted by atomic mass is 16.5. The molecule has 0 aromatic carbocycles. The Labute approximate surface area is 79.6 Å². The molecule has 0 saturated carbocycles. The van der Waals surface area contributed by atoms with Gasteiger partial charge in [-0.15, -0.1) is 0 Å². The third-order valence-corrected chi connectivity index (χ3v) is 1.36. The first-order chi connectivity index (χ1) is 6.22. The standard InChI is InChI=1S/C11H16O2/c1-4-6-7-8-9-10(3)11(12)13-5-2/h4,6-9H,5H2,1-3H3. The predicted molar refractivity (Wildman–Crippen MR) is 54.3 cm³/mol. The molecule has 0 rings (SSSR count). The van der Waals surface area contributed by atoms with E-state index in [9.17, 15) is 4.79 Å². The number of rotatable bonds is 4. The van der Waals surface area contributed by atoms with Gasteiger partial charge in [-0.25, -0.2) is 4.79 Å². The van der Waals surface area contributed by atoms with Gasteiger partial charge in [0.15, 0.2) is 0 Å². The van der Waals surface area contributed by atoms with Crippen molar-refractivity contribution >= 4 is 5.97 Å². The molecule has 0 fully saturated rings. The Balaban J connectivity index is 4.08. The quantitative estimate of drug-likeness (QED) is 0.377. The van der Waals surface area contributed by atoms with Gasteiger partial charge in [0, 0.05) is 5.57 Å². The van der Waals surface area contributed by atoms with Crippen LogP contribution in [0, 0.1) is 0 Å². The molecule has 0 atom stereocenters. The van der Waals surface area contributed by atoms with Crippen LogP contribution in [0.25, 0.3) is 0 Å². The first-order valence-electron chi connectivity index (χ1n) is 4.35. The zero-order valence-corrected chi connectivity index (χ0v) is 8.41. The van der Waals surface area contributed by atoms with Gasteiger partial charge in [0.05, 0.1) is 6.61 Å². The Morgan fingerprint density at radius 1 is 1.31 bits per heavy atom. The second-order valence-corrected chi connectivity index (χ2v) is 2.48. The van der Waals surface area contributed by atoms with E-state index >= 15 is 0 Å². The van der Waals surface area contributed by atoms with Crippen LogP contribution in [0.2, 0.25) is 0 Å². The Kier molecular flexibility index (Phi) is 6.60. The van der Waals surface area contributed by atoms with Crippen molar-refractivity contribution < 1.29 is 9.53 Å². The maximum absolute atomic E-state index is 11.1. The predicted octanol–water partition coefficient (Wildman–Crippen LogP) is 2.63. The molecule has 2 heteroatoms. The average Bonchev–Trinajstić information content (AvgIpc) is 2.12. The van der Waals surface area contributed by atoms with E-state index in [2.05, 4.69) is 0 Å². The van der Waals surface area contributed by atoms with Crippen molar-refractivity contribution in [2.75, 3.05) is 6.61 Å². The summed E-state index contributed by atoms with van der Waals surface area (Å²) in [5.74, 6) is -0.257. The fourth-order valence-corrected chi connectivity index (χ4v) is 0.688. The van der Waals surface area contributed by atoms with Crippen LogP contribution in [0.1, 0.15) is 20.8 Å². The van der Waals surface area contributed by atoms with Gasteiger partial charge in [0.1, 0.15) is 0 Å². The third kappa shape index (κ3) is 5.91. The van der Waals surface area contributed by atoms with Gasteiger partial charge in [0.2, 0.25) is 0 Å². The number of ether oxygens (including phenoxy) is 1. The fourth-order valence-electron chi connectivity index (χ4n) is 0.688. The van der Waals surface area contributed by atoms with Crippen LogP contribution < -0.4 is 0 Å². The summed E-state index contributed by atoms with van der Waals surface area (Å²) >= 11 is 0. The van der Waals surface area contributed by atoms with Crippen LogP contribution in [-0.2, 0) is 9.53 Å². The summed E-state index contributed by atoms with van der Waals surface area (Å²) in [4.78, 5) is 11.1. The van der Waals surface area contributed by atoms with Crippen molar-refractivity contribution in [1.82, 2.24) is 0 Å². The lowest BCUT2D eigenvalue weighted by Crippen LogP contribution is -2.04. The summed E-state index contributed by atoms with van der Waals surface area (Å²) in [6.45, 7) is 5.88. The highest BCUT2D eigenvalue weighted by molar-refractivity contribution is 5.88. The van der Waals surface area contributed by atoms with Crippen LogP contribution >= 0.6 is 0 Å².